The highest BCUT2D eigenvalue weighted by Gasteiger charge is 2.09. The fourth-order valence-corrected chi connectivity index (χ4v) is 1.91. The standard InChI is InChI=1S/C16H22N6O3/c1-3-24-8-7-18-15(17)22-16-21-14(10-25-16)13-6-4-5-12(20-13)9-19-11(2)23/h4-6,10H,3,7-9H2,1-2H3,(H,19,23)(H3,17,18,21,22). The first kappa shape index (κ1) is 18.4. The van der Waals surface area contributed by atoms with Gasteiger partial charge in [0.1, 0.15) is 12.0 Å². The van der Waals surface area contributed by atoms with Crippen LogP contribution in [0.15, 0.2) is 33.9 Å². The first-order valence-electron chi connectivity index (χ1n) is 7.89. The van der Waals surface area contributed by atoms with Crippen LogP contribution in [-0.4, -0.2) is 41.6 Å². The van der Waals surface area contributed by atoms with E-state index in [-0.39, 0.29) is 17.9 Å². The number of aromatic nitrogens is 2. The number of oxazole rings is 1. The minimum Gasteiger partial charge on any atom is -0.431 e. The number of hydrogen-bond acceptors (Lipinski definition) is 6. The lowest BCUT2D eigenvalue weighted by Crippen LogP contribution is -2.23. The monoisotopic (exact) mass is 346 g/mol. The van der Waals surface area contributed by atoms with Gasteiger partial charge in [0.2, 0.25) is 5.91 Å². The summed E-state index contributed by atoms with van der Waals surface area (Å²) in [4.78, 5) is 23.8. The number of rotatable bonds is 8. The van der Waals surface area contributed by atoms with E-state index in [0.29, 0.717) is 37.7 Å². The van der Waals surface area contributed by atoms with Gasteiger partial charge in [-0.3, -0.25) is 15.1 Å². The maximum atomic E-state index is 11.0. The van der Waals surface area contributed by atoms with Crippen molar-refractivity contribution in [3.05, 3.63) is 30.2 Å². The number of ether oxygens (including phenoxy) is 1. The van der Waals surface area contributed by atoms with Crippen molar-refractivity contribution in [3.8, 4) is 11.4 Å². The SMILES string of the molecule is CCOCCN=C(N)Nc1nc(-c2cccc(CNC(C)=O)n2)co1. The van der Waals surface area contributed by atoms with Crippen LogP contribution in [0.1, 0.15) is 19.5 Å². The van der Waals surface area contributed by atoms with Crippen LogP contribution in [0, 0.1) is 0 Å². The predicted octanol–water partition coefficient (Wildman–Crippen LogP) is 1.14. The predicted molar refractivity (Wildman–Crippen MR) is 93.9 cm³/mol. The molecule has 2 rings (SSSR count). The molecule has 4 N–H and O–H groups in total. The van der Waals surface area contributed by atoms with E-state index in [9.17, 15) is 4.79 Å². The summed E-state index contributed by atoms with van der Waals surface area (Å²) < 4.78 is 10.5. The van der Waals surface area contributed by atoms with E-state index in [2.05, 4.69) is 25.6 Å². The van der Waals surface area contributed by atoms with Crippen molar-refractivity contribution in [1.29, 1.82) is 0 Å². The Morgan fingerprint density at radius 2 is 2.20 bits per heavy atom. The number of nitrogens with zero attached hydrogens (tertiary/aromatic N) is 3. The summed E-state index contributed by atoms with van der Waals surface area (Å²) in [5, 5.41) is 5.47. The van der Waals surface area contributed by atoms with E-state index in [4.69, 9.17) is 14.9 Å². The van der Waals surface area contributed by atoms with Crippen LogP contribution in [0.25, 0.3) is 11.4 Å². The molecule has 0 spiro atoms. The van der Waals surface area contributed by atoms with Crippen molar-refractivity contribution in [3.63, 3.8) is 0 Å². The molecule has 0 aromatic carbocycles. The molecule has 0 saturated heterocycles. The number of aliphatic imine (C=N–C) groups is 1. The normalized spacial score (nSPS) is 11.4. The number of hydrogen-bond donors (Lipinski definition) is 3. The molecule has 0 aliphatic carbocycles. The molecule has 0 bridgehead atoms. The number of guanidine groups is 1. The molecule has 0 atom stereocenters. The smallest absolute Gasteiger partial charge is 0.302 e. The summed E-state index contributed by atoms with van der Waals surface area (Å²) >= 11 is 0. The number of nitrogens with two attached hydrogens (primary N) is 1. The van der Waals surface area contributed by atoms with Gasteiger partial charge in [-0.2, -0.15) is 4.98 Å². The Bertz CT molecular complexity index is 728. The Hall–Kier alpha value is -2.94. The number of carbonyl (C=O) groups excluding carboxylic acids is 1. The number of carbonyl (C=O) groups is 1. The zero-order valence-electron chi connectivity index (χ0n) is 14.3. The third kappa shape index (κ3) is 6.22. The lowest BCUT2D eigenvalue weighted by molar-refractivity contribution is -0.119. The molecule has 0 unspecified atom stereocenters. The highest BCUT2D eigenvalue weighted by atomic mass is 16.5. The molecule has 0 radical (unpaired) electrons. The molecular formula is C16H22N6O3. The van der Waals surface area contributed by atoms with Crippen molar-refractivity contribution in [2.45, 2.75) is 20.4 Å². The average Bonchev–Trinajstić information content (AvgIpc) is 3.05. The van der Waals surface area contributed by atoms with Gasteiger partial charge in [0.15, 0.2) is 5.96 Å². The van der Waals surface area contributed by atoms with Gasteiger partial charge < -0.3 is 20.2 Å². The molecule has 9 nitrogen and oxygen atoms in total. The van der Waals surface area contributed by atoms with Gasteiger partial charge in [-0.25, -0.2) is 4.98 Å². The molecule has 2 aromatic rings. The van der Waals surface area contributed by atoms with Crippen molar-refractivity contribution in [2.75, 3.05) is 25.1 Å². The first-order valence-corrected chi connectivity index (χ1v) is 7.89. The van der Waals surface area contributed by atoms with Crippen molar-refractivity contribution in [1.82, 2.24) is 15.3 Å². The van der Waals surface area contributed by atoms with E-state index < -0.39 is 0 Å². The fourth-order valence-electron chi connectivity index (χ4n) is 1.91. The molecule has 25 heavy (non-hydrogen) atoms. The van der Waals surface area contributed by atoms with Crippen molar-refractivity contribution < 1.29 is 13.9 Å². The minimum absolute atomic E-state index is 0.112. The summed E-state index contributed by atoms with van der Waals surface area (Å²) in [7, 11) is 0. The summed E-state index contributed by atoms with van der Waals surface area (Å²) in [5.41, 5.74) is 7.66. The largest absolute Gasteiger partial charge is 0.431 e. The van der Waals surface area contributed by atoms with Crippen LogP contribution in [0.2, 0.25) is 0 Å². The molecular weight excluding hydrogens is 324 g/mol. The quantitative estimate of drug-likeness (QED) is 0.371. The Morgan fingerprint density at radius 1 is 1.36 bits per heavy atom. The van der Waals surface area contributed by atoms with Crippen LogP contribution < -0.4 is 16.4 Å². The molecule has 2 aromatic heterocycles. The number of anilines is 1. The maximum absolute atomic E-state index is 11.0. The van der Waals surface area contributed by atoms with E-state index in [1.807, 2.05) is 19.1 Å². The zero-order chi connectivity index (χ0) is 18.1. The van der Waals surface area contributed by atoms with Crippen LogP contribution in [-0.2, 0) is 16.1 Å². The third-order valence-electron chi connectivity index (χ3n) is 3.05. The van der Waals surface area contributed by atoms with E-state index >= 15 is 0 Å². The molecule has 0 aliphatic rings. The highest BCUT2D eigenvalue weighted by Crippen LogP contribution is 2.18. The topological polar surface area (TPSA) is 128 Å². The first-order chi connectivity index (χ1) is 12.1. The van der Waals surface area contributed by atoms with E-state index in [1.165, 1.54) is 13.2 Å². The molecule has 0 saturated carbocycles. The molecule has 9 heteroatoms. The van der Waals surface area contributed by atoms with Gasteiger partial charge in [0, 0.05) is 13.5 Å². The number of amides is 1. The van der Waals surface area contributed by atoms with Crippen molar-refractivity contribution >= 4 is 17.9 Å². The molecule has 0 fully saturated rings. The Balaban J connectivity index is 1.98. The number of nitrogens with one attached hydrogen (secondary N) is 2. The molecule has 134 valence electrons. The lowest BCUT2D eigenvalue weighted by atomic mass is 10.2. The minimum atomic E-state index is -0.112. The van der Waals surface area contributed by atoms with Crippen LogP contribution in [0.4, 0.5) is 6.01 Å². The van der Waals surface area contributed by atoms with Gasteiger partial charge in [0.25, 0.3) is 0 Å². The maximum Gasteiger partial charge on any atom is 0.302 e. The fraction of sp³-hybridized carbons (Fsp3) is 0.375. The van der Waals surface area contributed by atoms with Gasteiger partial charge in [0.05, 0.1) is 31.1 Å². The zero-order valence-corrected chi connectivity index (χ0v) is 14.3. The Labute approximate surface area is 145 Å². The van der Waals surface area contributed by atoms with Crippen LogP contribution in [0.5, 0.6) is 0 Å². The van der Waals surface area contributed by atoms with E-state index in [0.717, 1.165) is 5.69 Å². The second kappa shape index (κ2) is 9.38. The summed E-state index contributed by atoms with van der Waals surface area (Å²) in [6.07, 6.45) is 1.47. The third-order valence-corrected chi connectivity index (χ3v) is 3.05. The summed E-state index contributed by atoms with van der Waals surface area (Å²) in [6.45, 7) is 5.32. The van der Waals surface area contributed by atoms with Gasteiger partial charge >= 0.3 is 6.01 Å². The Kier molecular flexibility index (Phi) is 6.90. The highest BCUT2D eigenvalue weighted by molar-refractivity contribution is 5.90. The second-order valence-corrected chi connectivity index (χ2v) is 5.05. The van der Waals surface area contributed by atoms with Gasteiger partial charge in [-0.05, 0) is 19.1 Å². The average molecular weight is 346 g/mol. The second-order valence-electron chi connectivity index (χ2n) is 5.05. The van der Waals surface area contributed by atoms with Gasteiger partial charge in [-0.1, -0.05) is 6.07 Å². The summed E-state index contributed by atoms with van der Waals surface area (Å²) in [5.74, 6) is 0.0831. The van der Waals surface area contributed by atoms with Crippen molar-refractivity contribution in [2.24, 2.45) is 10.7 Å². The molecule has 1 amide bonds. The Morgan fingerprint density at radius 3 is 2.96 bits per heavy atom. The van der Waals surface area contributed by atoms with Crippen LogP contribution >= 0.6 is 0 Å². The lowest BCUT2D eigenvalue weighted by Gasteiger charge is -2.03. The van der Waals surface area contributed by atoms with Gasteiger partial charge in [-0.15, -0.1) is 0 Å². The number of pyridine rings is 1. The van der Waals surface area contributed by atoms with Crippen LogP contribution in [0.3, 0.4) is 0 Å². The molecule has 2 heterocycles. The molecule has 0 aliphatic heterocycles. The summed E-state index contributed by atoms with van der Waals surface area (Å²) in [6, 6.07) is 5.69. The van der Waals surface area contributed by atoms with E-state index in [1.54, 1.807) is 6.07 Å².